The standard InChI is InChI=1S/C21H36N2O2/c1-3-5-7-9-10-12-16-25-20-14-13-18(22)17-19(20)21(24)23-15-11-8-6-4-2/h13-14,17H,3-12,15-16,22H2,1-2H3,(H,23,24). The fraction of sp³-hybridized carbons (Fsp3) is 0.667. The summed E-state index contributed by atoms with van der Waals surface area (Å²) in [5.74, 6) is 0.538. The fourth-order valence-electron chi connectivity index (χ4n) is 2.76. The van der Waals surface area contributed by atoms with Gasteiger partial charge in [0.05, 0.1) is 12.2 Å². The molecule has 0 fully saturated rings. The molecule has 0 bridgehead atoms. The molecule has 0 atom stereocenters. The highest BCUT2D eigenvalue weighted by Crippen LogP contribution is 2.22. The molecule has 1 aromatic rings. The lowest BCUT2D eigenvalue weighted by Crippen LogP contribution is -2.25. The predicted octanol–water partition coefficient (Wildman–Crippen LogP) is 5.32. The number of amides is 1. The van der Waals surface area contributed by atoms with Crippen molar-refractivity contribution < 1.29 is 9.53 Å². The van der Waals surface area contributed by atoms with Gasteiger partial charge in [-0.1, -0.05) is 65.2 Å². The van der Waals surface area contributed by atoms with E-state index in [0.29, 0.717) is 30.2 Å². The van der Waals surface area contributed by atoms with Crippen LogP contribution in [0.25, 0.3) is 0 Å². The molecule has 0 heterocycles. The lowest BCUT2D eigenvalue weighted by Gasteiger charge is -2.12. The number of ether oxygens (including phenoxy) is 1. The molecule has 4 heteroatoms. The third-order valence-corrected chi connectivity index (χ3v) is 4.32. The molecule has 0 unspecified atom stereocenters. The maximum absolute atomic E-state index is 12.4. The van der Waals surface area contributed by atoms with E-state index in [4.69, 9.17) is 10.5 Å². The molecule has 0 aromatic heterocycles. The Morgan fingerprint density at radius 3 is 2.32 bits per heavy atom. The van der Waals surface area contributed by atoms with E-state index in [9.17, 15) is 4.79 Å². The van der Waals surface area contributed by atoms with Gasteiger partial charge in [-0.15, -0.1) is 0 Å². The van der Waals surface area contributed by atoms with Gasteiger partial charge in [0.1, 0.15) is 5.75 Å². The Morgan fingerprint density at radius 1 is 0.960 bits per heavy atom. The number of rotatable bonds is 14. The van der Waals surface area contributed by atoms with E-state index in [0.717, 1.165) is 19.3 Å². The summed E-state index contributed by atoms with van der Waals surface area (Å²) in [5.41, 5.74) is 6.98. The third kappa shape index (κ3) is 9.37. The summed E-state index contributed by atoms with van der Waals surface area (Å²) >= 11 is 0. The minimum absolute atomic E-state index is 0.0956. The lowest BCUT2D eigenvalue weighted by molar-refractivity contribution is 0.0949. The van der Waals surface area contributed by atoms with Crippen LogP contribution in [-0.4, -0.2) is 19.1 Å². The largest absolute Gasteiger partial charge is 0.493 e. The molecule has 0 spiro atoms. The van der Waals surface area contributed by atoms with Crippen molar-refractivity contribution in [1.82, 2.24) is 5.32 Å². The molecular formula is C21H36N2O2. The maximum Gasteiger partial charge on any atom is 0.255 e. The van der Waals surface area contributed by atoms with Gasteiger partial charge in [-0.3, -0.25) is 4.79 Å². The maximum atomic E-state index is 12.4. The highest BCUT2D eigenvalue weighted by molar-refractivity contribution is 5.97. The number of hydrogen-bond acceptors (Lipinski definition) is 3. The molecule has 0 aliphatic rings. The highest BCUT2D eigenvalue weighted by Gasteiger charge is 2.12. The van der Waals surface area contributed by atoms with Crippen LogP contribution in [0.1, 0.15) is 88.4 Å². The molecule has 1 rings (SSSR count). The zero-order chi connectivity index (χ0) is 18.3. The van der Waals surface area contributed by atoms with Crippen molar-refractivity contribution in [3.63, 3.8) is 0 Å². The number of nitrogens with one attached hydrogen (secondary N) is 1. The van der Waals surface area contributed by atoms with E-state index in [2.05, 4.69) is 19.2 Å². The Bertz CT molecular complexity index is 489. The van der Waals surface area contributed by atoms with Crippen molar-refractivity contribution in [3.05, 3.63) is 23.8 Å². The SMILES string of the molecule is CCCCCCCCOc1ccc(N)cc1C(=O)NCCCCCC. The Morgan fingerprint density at radius 2 is 1.60 bits per heavy atom. The second-order valence-electron chi connectivity index (χ2n) is 6.69. The first-order valence-corrected chi connectivity index (χ1v) is 9.99. The lowest BCUT2D eigenvalue weighted by atomic mass is 10.1. The first-order valence-electron chi connectivity index (χ1n) is 9.99. The van der Waals surface area contributed by atoms with E-state index in [-0.39, 0.29) is 5.91 Å². The Hall–Kier alpha value is -1.71. The van der Waals surface area contributed by atoms with Crippen LogP contribution < -0.4 is 15.8 Å². The number of nitrogen functional groups attached to an aromatic ring is 1. The number of nitrogens with two attached hydrogens (primary N) is 1. The van der Waals surface area contributed by atoms with Crippen molar-refractivity contribution >= 4 is 11.6 Å². The molecule has 0 radical (unpaired) electrons. The number of unbranched alkanes of at least 4 members (excludes halogenated alkanes) is 8. The Balaban J connectivity index is 2.42. The van der Waals surface area contributed by atoms with E-state index in [1.54, 1.807) is 18.2 Å². The van der Waals surface area contributed by atoms with Crippen molar-refractivity contribution in [2.45, 2.75) is 78.1 Å². The van der Waals surface area contributed by atoms with Crippen LogP contribution in [0.4, 0.5) is 5.69 Å². The predicted molar refractivity (Wildman–Crippen MR) is 106 cm³/mol. The Kier molecular flexibility index (Phi) is 11.6. The summed E-state index contributed by atoms with van der Waals surface area (Å²) in [6, 6.07) is 5.30. The first kappa shape index (κ1) is 21.3. The zero-order valence-electron chi connectivity index (χ0n) is 16.1. The average molecular weight is 349 g/mol. The van der Waals surface area contributed by atoms with Crippen molar-refractivity contribution in [2.24, 2.45) is 0 Å². The van der Waals surface area contributed by atoms with Gasteiger partial charge >= 0.3 is 0 Å². The number of carbonyl (C=O) groups excluding carboxylic acids is 1. The van der Waals surface area contributed by atoms with E-state index >= 15 is 0 Å². The van der Waals surface area contributed by atoms with Crippen LogP contribution in [0.5, 0.6) is 5.75 Å². The summed E-state index contributed by atoms with van der Waals surface area (Å²) in [6.45, 7) is 5.75. The normalized spacial score (nSPS) is 10.6. The van der Waals surface area contributed by atoms with E-state index < -0.39 is 0 Å². The molecule has 4 nitrogen and oxygen atoms in total. The zero-order valence-corrected chi connectivity index (χ0v) is 16.1. The van der Waals surface area contributed by atoms with E-state index in [1.807, 2.05) is 0 Å². The first-order chi connectivity index (χ1) is 12.2. The van der Waals surface area contributed by atoms with Gasteiger partial charge in [0, 0.05) is 12.2 Å². The molecular weight excluding hydrogens is 312 g/mol. The highest BCUT2D eigenvalue weighted by atomic mass is 16.5. The molecule has 0 saturated carbocycles. The number of hydrogen-bond donors (Lipinski definition) is 2. The molecule has 0 aliphatic heterocycles. The smallest absolute Gasteiger partial charge is 0.255 e. The van der Waals surface area contributed by atoms with Gasteiger partial charge in [0.2, 0.25) is 0 Å². The molecule has 1 amide bonds. The molecule has 25 heavy (non-hydrogen) atoms. The fourth-order valence-corrected chi connectivity index (χ4v) is 2.76. The number of benzene rings is 1. The van der Waals surface area contributed by atoms with Gasteiger partial charge < -0.3 is 15.8 Å². The van der Waals surface area contributed by atoms with E-state index in [1.165, 1.54) is 44.9 Å². The molecule has 0 aliphatic carbocycles. The van der Waals surface area contributed by atoms with Gasteiger partial charge in [-0.2, -0.15) is 0 Å². The monoisotopic (exact) mass is 348 g/mol. The van der Waals surface area contributed by atoms with Crippen molar-refractivity contribution in [1.29, 1.82) is 0 Å². The molecule has 1 aromatic carbocycles. The molecule has 142 valence electrons. The minimum Gasteiger partial charge on any atom is -0.493 e. The van der Waals surface area contributed by atoms with Crippen LogP contribution in [0.2, 0.25) is 0 Å². The molecule has 3 N–H and O–H groups in total. The summed E-state index contributed by atoms with van der Waals surface area (Å²) < 4.78 is 5.85. The number of carbonyl (C=O) groups is 1. The van der Waals surface area contributed by atoms with Gasteiger partial charge in [-0.05, 0) is 31.0 Å². The van der Waals surface area contributed by atoms with Gasteiger partial charge in [0.15, 0.2) is 0 Å². The van der Waals surface area contributed by atoms with Crippen LogP contribution in [0, 0.1) is 0 Å². The Labute approximate surface area is 153 Å². The van der Waals surface area contributed by atoms with Crippen molar-refractivity contribution in [2.75, 3.05) is 18.9 Å². The molecule has 0 saturated heterocycles. The van der Waals surface area contributed by atoms with Gasteiger partial charge in [0.25, 0.3) is 5.91 Å². The van der Waals surface area contributed by atoms with Crippen molar-refractivity contribution in [3.8, 4) is 5.75 Å². The van der Waals surface area contributed by atoms with Crippen LogP contribution >= 0.6 is 0 Å². The summed E-state index contributed by atoms with van der Waals surface area (Å²) in [5, 5.41) is 2.98. The second kappa shape index (κ2) is 13.6. The average Bonchev–Trinajstić information content (AvgIpc) is 2.61. The topological polar surface area (TPSA) is 64.3 Å². The second-order valence-corrected chi connectivity index (χ2v) is 6.69. The quantitative estimate of drug-likeness (QED) is 0.353. The third-order valence-electron chi connectivity index (χ3n) is 4.32. The van der Waals surface area contributed by atoms with Crippen LogP contribution in [-0.2, 0) is 0 Å². The number of anilines is 1. The van der Waals surface area contributed by atoms with Crippen LogP contribution in [0.15, 0.2) is 18.2 Å². The summed E-state index contributed by atoms with van der Waals surface area (Å²) in [6.07, 6.45) is 11.9. The van der Waals surface area contributed by atoms with Crippen LogP contribution in [0.3, 0.4) is 0 Å². The minimum atomic E-state index is -0.0956. The summed E-state index contributed by atoms with van der Waals surface area (Å²) in [4.78, 5) is 12.4. The summed E-state index contributed by atoms with van der Waals surface area (Å²) in [7, 11) is 0. The van der Waals surface area contributed by atoms with Gasteiger partial charge in [-0.25, -0.2) is 0 Å².